The van der Waals surface area contributed by atoms with Crippen LogP contribution in [0, 0.1) is 0 Å². The zero-order valence-corrected chi connectivity index (χ0v) is 11.0. The van der Waals surface area contributed by atoms with Crippen LogP contribution >= 0.6 is 0 Å². The standard InChI is InChI=1S/C14H16F3NO2/c1-2-20-12(19)13(7-11(18)8-13)9-3-5-10(6-4-9)14(15,16)17/h3-6,11H,2,7-8,18H2,1H3. The van der Waals surface area contributed by atoms with Gasteiger partial charge in [0.05, 0.1) is 17.6 Å². The van der Waals surface area contributed by atoms with Crippen molar-refractivity contribution in [1.29, 1.82) is 0 Å². The Balaban J connectivity index is 2.29. The fraction of sp³-hybridized carbons (Fsp3) is 0.500. The van der Waals surface area contributed by atoms with Crippen molar-refractivity contribution in [3.63, 3.8) is 0 Å². The van der Waals surface area contributed by atoms with E-state index in [4.69, 9.17) is 10.5 Å². The SMILES string of the molecule is CCOC(=O)C1(c2ccc(C(F)(F)F)cc2)CC(N)C1. The summed E-state index contributed by atoms with van der Waals surface area (Å²) in [6.45, 7) is 1.92. The summed E-state index contributed by atoms with van der Waals surface area (Å²) in [4.78, 5) is 12.1. The number of benzene rings is 1. The average Bonchev–Trinajstić information content (AvgIpc) is 2.34. The van der Waals surface area contributed by atoms with Gasteiger partial charge in [0, 0.05) is 6.04 Å². The molecule has 0 radical (unpaired) electrons. The van der Waals surface area contributed by atoms with E-state index in [1.54, 1.807) is 6.92 Å². The molecule has 0 unspecified atom stereocenters. The molecule has 0 amide bonds. The van der Waals surface area contributed by atoms with Crippen LogP contribution in [0.15, 0.2) is 24.3 Å². The maximum atomic E-state index is 12.5. The Morgan fingerprint density at radius 2 is 1.90 bits per heavy atom. The van der Waals surface area contributed by atoms with Crippen molar-refractivity contribution in [2.75, 3.05) is 6.61 Å². The fourth-order valence-electron chi connectivity index (χ4n) is 2.60. The monoisotopic (exact) mass is 287 g/mol. The molecule has 0 atom stereocenters. The van der Waals surface area contributed by atoms with E-state index in [1.807, 2.05) is 0 Å². The normalized spacial score (nSPS) is 25.9. The lowest BCUT2D eigenvalue weighted by Crippen LogP contribution is -2.54. The highest BCUT2D eigenvalue weighted by Gasteiger charge is 2.51. The number of hydrogen-bond acceptors (Lipinski definition) is 3. The van der Waals surface area contributed by atoms with Gasteiger partial charge < -0.3 is 10.5 Å². The van der Waals surface area contributed by atoms with Crippen molar-refractivity contribution in [3.05, 3.63) is 35.4 Å². The number of rotatable bonds is 3. The molecule has 6 heteroatoms. The third kappa shape index (κ3) is 2.52. The predicted octanol–water partition coefficient (Wildman–Crippen LogP) is 2.63. The Morgan fingerprint density at radius 3 is 2.30 bits per heavy atom. The summed E-state index contributed by atoms with van der Waals surface area (Å²) < 4.78 is 42.7. The van der Waals surface area contributed by atoms with Gasteiger partial charge in [-0.05, 0) is 37.5 Å². The number of ether oxygens (including phenoxy) is 1. The number of alkyl halides is 3. The molecule has 1 aliphatic carbocycles. The molecule has 1 fully saturated rings. The fourth-order valence-corrected chi connectivity index (χ4v) is 2.60. The summed E-state index contributed by atoms with van der Waals surface area (Å²) in [7, 11) is 0. The first kappa shape index (κ1) is 14.8. The van der Waals surface area contributed by atoms with E-state index in [2.05, 4.69) is 0 Å². The summed E-state index contributed by atoms with van der Waals surface area (Å²) >= 11 is 0. The summed E-state index contributed by atoms with van der Waals surface area (Å²) in [5.41, 5.74) is 4.65. The maximum absolute atomic E-state index is 12.5. The third-order valence-electron chi connectivity index (χ3n) is 3.65. The first-order valence-corrected chi connectivity index (χ1v) is 6.40. The highest BCUT2D eigenvalue weighted by Crippen LogP contribution is 2.44. The summed E-state index contributed by atoms with van der Waals surface area (Å²) in [5, 5.41) is 0. The van der Waals surface area contributed by atoms with Gasteiger partial charge in [0.2, 0.25) is 0 Å². The van der Waals surface area contributed by atoms with Crippen LogP contribution in [0.2, 0.25) is 0 Å². The van der Waals surface area contributed by atoms with Gasteiger partial charge in [-0.25, -0.2) is 0 Å². The second kappa shape index (κ2) is 5.09. The number of hydrogen-bond donors (Lipinski definition) is 1. The molecule has 3 nitrogen and oxygen atoms in total. The molecule has 1 aromatic carbocycles. The second-order valence-corrected chi connectivity index (χ2v) is 5.05. The number of halogens is 3. The van der Waals surface area contributed by atoms with Crippen LogP contribution in [0.3, 0.4) is 0 Å². The summed E-state index contributed by atoms with van der Waals surface area (Å²) in [5.74, 6) is -0.415. The smallest absolute Gasteiger partial charge is 0.416 e. The van der Waals surface area contributed by atoms with E-state index in [0.717, 1.165) is 12.1 Å². The van der Waals surface area contributed by atoms with E-state index in [0.29, 0.717) is 18.4 Å². The van der Waals surface area contributed by atoms with Gasteiger partial charge in [-0.3, -0.25) is 4.79 Å². The van der Waals surface area contributed by atoms with Crippen LogP contribution < -0.4 is 5.73 Å². The van der Waals surface area contributed by atoms with Gasteiger partial charge in [0.15, 0.2) is 0 Å². The highest BCUT2D eigenvalue weighted by atomic mass is 19.4. The predicted molar refractivity (Wildman–Crippen MR) is 67.0 cm³/mol. The topological polar surface area (TPSA) is 52.3 Å². The molecule has 0 bridgehead atoms. The van der Waals surface area contributed by atoms with Crippen LogP contribution in [-0.2, 0) is 21.1 Å². The van der Waals surface area contributed by atoms with Gasteiger partial charge in [0.25, 0.3) is 0 Å². The minimum absolute atomic E-state index is 0.123. The lowest BCUT2D eigenvalue weighted by atomic mass is 9.62. The number of nitrogens with two attached hydrogens (primary N) is 1. The van der Waals surface area contributed by atoms with Crippen molar-refractivity contribution < 1.29 is 22.7 Å². The Kier molecular flexibility index (Phi) is 3.77. The number of carbonyl (C=O) groups excluding carboxylic acids is 1. The molecular weight excluding hydrogens is 271 g/mol. The Bertz CT molecular complexity index is 490. The first-order valence-electron chi connectivity index (χ1n) is 6.40. The van der Waals surface area contributed by atoms with Gasteiger partial charge in [-0.1, -0.05) is 12.1 Å². The molecule has 1 saturated carbocycles. The van der Waals surface area contributed by atoms with Crippen molar-refractivity contribution in [2.45, 2.75) is 37.4 Å². The largest absolute Gasteiger partial charge is 0.465 e. The molecular formula is C14H16F3NO2. The molecule has 0 saturated heterocycles. The molecule has 0 aromatic heterocycles. The maximum Gasteiger partial charge on any atom is 0.416 e. The molecule has 2 rings (SSSR count). The Labute approximate surface area is 114 Å². The second-order valence-electron chi connectivity index (χ2n) is 5.05. The van der Waals surface area contributed by atoms with Crippen molar-refractivity contribution >= 4 is 5.97 Å². The minimum Gasteiger partial charge on any atom is -0.465 e. The van der Waals surface area contributed by atoms with Gasteiger partial charge in [0.1, 0.15) is 0 Å². The number of carbonyl (C=O) groups is 1. The highest BCUT2D eigenvalue weighted by molar-refractivity contribution is 5.85. The van der Waals surface area contributed by atoms with E-state index < -0.39 is 23.1 Å². The Hall–Kier alpha value is -1.56. The molecule has 0 heterocycles. The van der Waals surface area contributed by atoms with Crippen LogP contribution in [0.5, 0.6) is 0 Å². The van der Waals surface area contributed by atoms with E-state index in [9.17, 15) is 18.0 Å². The van der Waals surface area contributed by atoms with Crippen LogP contribution in [0.25, 0.3) is 0 Å². The Morgan fingerprint density at radius 1 is 1.35 bits per heavy atom. The van der Waals surface area contributed by atoms with Crippen molar-refractivity contribution in [2.24, 2.45) is 5.73 Å². The molecule has 2 N–H and O–H groups in total. The molecule has 110 valence electrons. The number of esters is 1. The van der Waals surface area contributed by atoms with Gasteiger partial charge in [-0.15, -0.1) is 0 Å². The minimum atomic E-state index is -4.38. The first-order chi connectivity index (χ1) is 9.29. The molecule has 0 aliphatic heterocycles. The van der Waals surface area contributed by atoms with Crippen molar-refractivity contribution in [1.82, 2.24) is 0 Å². The molecule has 1 aliphatic rings. The van der Waals surface area contributed by atoms with E-state index in [1.165, 1.54) is 12.1 Å². The summed E-state index contributed by atoms with van der Waals surface area (Å²) in [6.07, 6.45) is -3.58. The zero-order valence-electron chi connectivity index (χ0n) is 11.0. The van der Waals surface area contributed by atoms with Crippen LogP contribution in [0.4, 0.5) is 13.2 Å². The van der Waals surface area contributed by atoms with E-state index >= 15 is 0 Å². The van der Waals surface area contributed by atoms with E-state index in [-0.39, 0.29) is 12.6 Å². The average molecular weight is 287 g/mol. The lowest BCUT2D eigenvalue weighted by molar-refractivity contribution is -0.154. The molecule has 0 spiro atoms. The quantitative estimate of drug-likeness (QED) is 0.869. The van der Waals surface area contributed by atoms with Gasteiger partial charge >= 0.3 is 12.1 Å². The molecule has 20 heavy (non-hydrogen) atoms. The zero-order chi connectivity index (χ0) is 15.0. The third-order valence-corrected chi connectivity index (χ3v) is 3.65. The van der Waals surface area contributed by atoms with Crippen LogP contribution in [-0.4, -0.2) is 18.6 Å². The summed E-state index contributed by atoms with van der Waals surface area (Å²) in [6, 6.07) is 4.53. The van der Waals surface area contributed by atoms with Crippen LogP contribution in [0.1, 0.15) is 30.9 Å². The van der Waals surface area contributed by atoms with Gasteiger partial charge in [-0.2, -0.15) is 13.2 Å². The lowest BCUT2D eigenvalue weighted by Gasteiger charge is -2.44. The van der Waals surface area contributed by atoms with Crippen molar-refractivity contribution in [3.8, 4) is 0 Å². The molecule has 1 aromatic rings.